The van der Waals surface area contributed by atoms with Crippen molar-refractivity contribution < 1.29 is 5.11 Å². The molecule has 1 aliphatic heterocycles. The first-order chi connectivity index (χ1) is 9.61. The molecule has 3 heterocycles. The van der Waals surface area contributed by atoms with Gasteiger partial charge in [0.2, 0.25) is 0 Å². The fourth-order valence-corrected chi connectivity index (χ4v) is 2.85. The highest BCUT2D eigenvalue weighted by Crippen LogP contribution is 2.13. The number of piperidine rings is 1. The van der Waals surface area contributed by atoms with Crippen molar-refractivity contribution in [3.05, 3.63) is 44.9 Å². The van der Waals surface area contributed by atoms with Crippen molar-refractivity contribution in [2.75, 3.05) is 13.1 Å². The first-order valence-corrected chi connectivity index (χ1v) is 7.49. The summed E-state index contributed by atoms with van der Waals surface area (Å²) >= 11 is 3.35. The van der Waals surface area contributed by atoms with Crippen LogP contribution in [-0.4, -0.2) is 38.6 Å². The van der Waals surface area contributed by atoms with Crippen LogP contribution in [0.2, 0.25) is 0 Å². The number of rotatable bonds is 2. The van der Waals surface area contributed by atoms with E-state index in [2.05, 4.69) is 25.8 Å². The molecule has 2 aromatic heterocycles. The van der Waals surface area contributed by atoms with Crippen molar-refractivity contribution in [3.8, 4) is 0 Å². The normalized spacial score (nSPS) is 17.7. The topological polar surface area (TPSA) is 57.8 Å². The van der Waals surface area contributed by atoms with Crippen LogP contribution in [0.1, 0.15) is 18.5 Å². The minimum absolute atomic E-state index is 0.0663. The van der Waals surface area contributed by atoms with E-state index < -0.39 is 0 Å². The van der Waals surface area contributed by atoms with Gasteiger partial charge in [0.15, 0.2) is 0 Å². The lowest BCUT2D eigenvalue weighted by molar-refractivity contribution is 0.0787. The van der Waals surface area contributed by atoms with Crippen LogP contribution in [0, 0.1) is 0 Å². The smallest absolute Gasteiger partial charge is 0.258 e. The van der Waals surface area contributed by atoms with Crippen molar-refractivity contribution in [1.29, 1.82) is 0 Å². The van der Waals surface area contributed by atoms with Crippen molar-refractivity contribution in [2.45, 2.75) is 25.5 Å². The van der Waals surface area contributed by atoms with Crippen LogP contribution in [-0.2, 0) is 6.54 Å². The molecule has 0 amide bonds. The Morgan fingerprint density at radius 3 is 2.85 bits per heavy atom. The van der Waals surface area contributed by atoms with Crippen LogP contribution < -0.4 is 5.56 Å². The number of aliphatic hydroxyl groups is 1. The average molecular weight is 338 g/mol. The molecule has 0 spiro atoms. The molecule has 1 saturated heterocycles. The molecule has 106 valence electrons. The molecule has 1 fully saturated rings. The van der Waals surface area contributed by atoms with Crippen LogP contribution in [0.5, 0.6) is 0 Å². The second kappa shape index (κ2) is 5.63. The average Bonchev–Trinajstić information content (AvgIpc) is 2.42. The lowest BCUT2D eigenvalue weighted by Crippen LogP contribution is -2.35. The van der Waals surface area contributed by atoms with Crippen molar-refractivity contribution in [3.63, 3.8) is 0 Å². The molecule has 6 heteroatoms. The van der Waals surface area contributed by atoms with E-state index in [-0.39, 0.29) is 11.7 Å². The van der Waals surface area contributed by atoms with Crippen LogP contribution >= 0.6 is 15.9 Å². The van der Waals surface area contributed by atoms with E-state index in [1.165, 1.54) is 4.40 Å². The number of aromatic nitrogens is 2. The minimum Gasteiger partial charge on any atom is -0.393 e. The van der Waals surface area contributed by atoms with E-state index in [0.717, 1.165) is 36.1 Å². The summed E-state index contributed by atoms with van der Waals surface area (Å²) in [6, 6.07) is 5.29. The number of likely N-dealkylation sites (tertiary alicyclic amines) is 1. The fraction of sp³-hybridized carbons (Fsp3) is 0.429. The second-order valence-electron chi connectivity index (χ2n) is 5.17. The lowest BCUT2D eigenvalue weighted by Gasteiger charge is -2.29. The molecule has 0 unspecified atom stereocenters. The van der Waals surface area contributed by atoms with Crippen molar-refractivity contribution >= 4 is 21.6 Å². The zero-order valence-corrected chi connectivity index (χ0v) is 12.6. The van der Waals surface area contributed by atoms with Gasteiger partial charge < -0.3 is 5.11 Å². The summed E-state index contributed by atoms with van der Waals surface area (Å²) < 4.78 is 2.39. The number of hydrogen-bond donors (Lipinski definition) is 1. The first kappa shape index (κ1) is 13.7. The molecule has 0 radical (unpaired) electrons. The number of pyridine rings is 1. The summed E-state index contributed by atoms with van der Waals surface area (Å²) in [6.07, 6.45) is 3.13. The molecule has 1 N–H and O–H groups in total. The third kappa shape index (κ3) is 2.92. The molecule has 20 heavy (non-hydrogen) atoms. The summed E-state index contributed by atoms with van der Waals surface area (Å²) in [4.78, 5) is 18.8. The van der Waals surface area contributed by atoms with Gasteiger partial charge in [0, 0.05) is 36.4 Å². The van der Waals surface area contributed by atoms with Gasteiger partial charge in [-0.1, -0.05) is 0 Å². The minimum atomic E-state index is -0.182. The van der Waals surface area contributed by atoms with Crippen LogP contribution in [0.15, 0.2) is 33.7 Å². The van der Waals surface area contributed by atoms with Gasteiger partial charge >= 0.3 is 0 Å². The van der Waals surface area contributed by atoms with Crippen LogP contribution in [0.4, 0.5) is 0 Å². The van der Waals surface area contributed by atoms with E-state index in [1.807, 2.05) is 12.1 Å². The monoisotopic (exact) mass is 337 g/mol. The number of aliphatic hydroxyl groups excluding tert-OH is 1. The van der Waals surface area contributed by atoms with Gasteiger partial charge in [-0.15, -0.1) is 0 Å². The van der Waals surface area contributed by atoms with Crippen LogP contribution in [0.3, 0.4) is 0 Å². The number of nitrogens with zero attached hydrogens (tertiary/aromatic N) is 3. The standard InChI is InChI=1S/C14H16BrN3O2/c15-10-1-2-13-16-11(7-14(20)18(13)8-10)9-17-5-3-12(19)4-6-17/h1-2,7-8,12,19H,3-6,9H2. The molecular formula is C14H16BrN3O2. The Morgan fingerprint density at radius 1 is 1.35 bits per heavy atom. The fourth-order valence-electron chi connectivity index (χ4n) is 2.51. The highest BCUT2D eigenvalue weighted by atomic mass is 79.9. The zero-order chi connectivity index (χ0) is 14.1. The van der Waals surface area contributed by atoms with Gasteiger partial charge in [-0.3, -0.25) is 14.1 Å². The largest absolute Gasteiger partial charge is 0.393 e. The Balaban J connectivity index is 1.85. The number of hydrogen-bond acceptors (Lipinski definition) is 4. The second-order valence-corrected chi connectivity index (χ2v) is 6.08. The molecule has 2 aromatic rings. The molecule has 0 bridgehead atoms. The summed E-state index contributed by atoms with van der Waals surface area (Å²) in [5.74, 6) is 0. The predicted molar refractivity (Wildman–Crippen MR) is 79.7 cm³/mol. The van der Waals surface area contributed by atoms with E-state index >= 15 is 0 Å². The molecule has 3 rings (SSSR count). The van der Waals surface area contributed by atoms with E-state index in [1.54, 1.807) is 12.3 Å². The maximum atomic E-state index is 12.1. The van der Waals surface area contributed by atoms with Gasteiger partial charge in [0.05, 0.1) is 11.8 Å². The molecule has 0 atom stereocenters. The maximum absolute atomic E-state index is 12.1. The Labute approximate surface area is 125 Å². The number of halogens is 1. The Morgan fingerprint density at radius 2 is 2.10 bits per heavy atom. The molecule has 1 aliphatic rings. The van der Waals surface area contributed by atoms with Gasteiger partial charge in [-0.2, -0.15) is 0 Å². The lowest BCUT2D eigenvalue weighted by atomic mass is 10.1. The van der Waals surface area contributed by atoms with Crippen LogP contribution in [0.25, 0.3) is 5.65 Å². The van der Waals surface area contributed by atoms with E-state index in [0.29, 0.717) is 12.2 Å². The first-order valence-electron chi connectivity index (χ1n) is 6.70. The Kier molecular flexibility index (Phi) is 3.87. The molecule has 0 aromatic carbocycles. The highest BCUT2D eigenvalue weighted by Gasteiger charge is 2.17. The van der Waals surface area contributed by atoms with Gasteiger partial charge in [0.1, 0.15) is 5.65 Å². The summed E-state index contributed by atoms with van der Waals surface area (Å²) in [6.45, 7) is 2.36. The SMILES string of the molecule is O=c1cc(CN2CCC(O)CC2)nc2ccc(Br)cn12. The molecular weight excluding hydrogens is 322 g/mol. The third-order valence-corrected chi connectivity index (χ3v) is 4.09. The highest BCUT2D eigenvalue weighted by molar-refractivity contribution is 9.10. The number of fused-ring (bicyclic) bond motifs is 1. The van der Waals surface area contributed by atoms with Gasteiger partial charge in [-0.25, -0.2) is 4.98 Å². The molecule has 0 saturated carbocycles. The Hall–Kier alpha value is -1.24. The third-order valence-electron chi connectivity index (χ3n) is 3.62. The summed E-state index contributed by atoms with van der Waals surface area (Å²) in [7, 11) is 0. The summed E-state index contributed by atoms with van der Waals surface area (Å²) in [5, 5.41) is 9.50. The van der Waals surface area contributed by atoms with E-state index in [4.69, 9.17) is 0 Å². The van der Waals surface area contributed by atoms with Gasteiger partial charge in [-0.05, 0) is 40.9 Å². The predicted octanol–water partition coefficient (Wildman–Crippen LogP) is 1.41. The van der Waals surface area contributed by atoms with E-state index in [9.17, 15) is 9.90 Å². The zero-order valence-electron chi connectivity index (χ0n) is 11.0. The maximum Gasteiger partial charge on any atom is 0.258 e. The van der Waals surface area contributed by atoms with Gasteiger partial charge in [0.25, 0.3) is 5.56 Å². The Bertz CT molecular complexity index is 678. The van der Waals surface area contributed by atoms with Crippen molar-refractivity contribution in [1.82, 2.24) is 14.3 Å². The van der Waals surface area contributed by atoms with Crippen molar-refractivity contribution in [2.24, 2.45) is 0 Å². The molecule has 0 aliphatic carbocycles. The summed E-state index contributed by atoms with van der Waals surface area (Å²) in [5.41, 5.74) is 1.38. The quantitative estimate of drug-likeness (QED) is 0.900. The molecule has 5 nitrogen and oxygen atoms in total.